The number of rotatable bonds is 4. The van der Waals surface area contributed by atoms with E-state index in [1.165, 1.54) is 0 Å². The zero-order valence-corrected chi connectivity index (χ0v) is 11.5. The molecule has 0 N–H and O–H groups in total. The number of thiazole rings is 1. The van der Waals surface area contributed by atoms with E-state index in [9.17, 15) is 4.79 Å². The quantitative estimate of drug-likeness (QED) is 0.791. The van der Waals surface area contributed by atoms with Gasteiger partial charge in [0.05, 0.1) is 7.11 Å². The maximum absolute atomic E-state index is 10.8. The maximum atomic E-state index is 10.8. The van der Waals surface area contributed by atoms with Gasteiger partial charge in [-0.15, -0.1) is 11.3 Å². The summed E-state index contributed by atoms with van der Waals surface area (Å²) in [7, 11) is 1.67. The van der Waals surface area contributed by atoms with Gasteiger partial charge in [0.2, 0.25) is 0 Å². The van der Waals surface area contributed by atoms with Crippen molar-refractivity contribution in [3.8, 4) is 16.3 Å². The van der Waals surface area contributed by atoms with Gasteiger partial charge in [-0.25, -0.2) is 4.98 Å². The van der Waals surface area contributed by atoms with Crippen molar-refractivity contribution in [3.63, 3.8) is 0 Å². The molecule has 1 aromatic carbocycles. The van der Waals surface area contributed by atoms with Crippen LogP contribution in [-0.4, -0.2) is 18.4 Å². The van der Waals surface area contributed by atoms with Gasteiger partial charge in [0, 0.05) is 10.4 Å². The van der Waals surface area contributed by atoms with E-state index < -0.39 is 0 Å². The number of carbonyl (C=O) groups is 1. The third-order valence-electron chi connectivity index (χ3n) is 2.85. The molecule has 3 nitrogen and oxygen atoms in total. The number of aromatic nitrogens is 1. The Hall–Kier alpha value is -1.68. The Balaban J connectivity index is 2.47. The van der Waals surface area contributed by atoms with Crippen molar-refractivity contribution < 1.29 is 9.53 Å². The number of benzene rings is 1. The van der Waals surface area contributed by atoms with Crippen molar-refractivity contribution in [2.75, 3.05) is 7.11 Å². The lowest BCUT2D eigenvalue weighted by Crippen LogP contribution is -1.91. The highest BCUT2D eigenvalue weighted by Crippen LogP contribution is 2.30. The molecule has 1 aromatic heterocycles. The number of carbonyl (C=O) groups excluding carboxylic acids is 1. The number of methoxy groups -OCH3 is 1. The topological polar surface area (TPSA) is 39.2 Å². The number of ether oxygens (including phenoxy) is 1. The first kappa shape index (κ1) is 12.8. The lowest BCUT2D eigenvalue weighted by Gasteiger charge is -2.07. The predicted molar refractivity (Wildman–Crippen MR) is 73.6 cm³/mol. The summed E-state index contributed by atoms with van der Waals surface area (Å²) in [5.41, 5.74) is 2.72. The lowest BCUT2D eigenvalue weighted by atomic mass is 10.1. The monoisotopic (exact) mass is 261 g/mol. The van der Waals surface area contributed by atoms with Crippen LogP contribution in [0.15, 0.2) is 18.2 Å². The molecule has 0 spiro atoms. The van der Waals surface area contributed by atoms with Gasteiger partial charge in [-0.2, -0.15) is 0 Å². The normalized spacial score (nSPS) is 10.4. The van der Waals surface area contributed by atoms with Gasteiger partial charge >= 0.3 is 0 Å². The second-order valence-corrected chi connectivity index (χ2v) is 5.16. The van der Waals surface area contributed by atoms with Gasteiger partial charge in [-0.05, 0) is 37.1 Å². The summed E-state index contributed by atoms with van der Waals surface area (Å²) in [4.78, 5) is 16.1. The molecule has 0 amide bonds. The van der Waals surface area contributed by atoms with Crippen molar-refractivity contribution in [2.24, 2.45) is 0 Å². The Morgan fingerprint density at radius 1 is 1.44 bits per heavy atom. The van der Waals surface area contributed by atoms with Crippen LogP contribution in [0.4, 0.5) is 0 Å². The fourth-order valence-electron chi connectivity index (χ4n) is 1.83. The molecular formula is C14H15NO2S. The molecule has 94 valence electrons. The number of hydrogen-bond acceptors (Lipinski definition) is 4. The summed E-state index contributed by atoms with van der Waals surface area (Å²) in [5.74, 6) is 0.894. The predicted octanol–water partition coefficient (Wildman–Crippen LogP) is 3.50. The van der Waals surface area contributed by atoms with E-state index in [2.05, 4.69) is 18.0 Å². The van der Waals surface area contributed by atoms with E-state index in [1.807, 2.05) is 19.1 Å². The molecule has 1 heterocycles. The van der Waals surface area contributed by atoms with Crippen LogP contribution in [0.3, 0.4) is 0 Å². The standard InChI is InChI=1S/C14H15NO2S/c1-4-10-7-11(5-6-13(10)17-3)14-15-12(8-16)9(2)18-14/h5-8H,4H2,1-3H3. The van der Waals surface area contributed by atoms with E-state index in [0.29, 0.717) is 5.69 Å². The molecule has 4 heteroatoms. The minimum Gasteiger partial charge on any atom is -0.496 e. The Bertz CT molecular complexity index is 575. The van der Waals surface area contributed by atoms with E-state index in [-0.39, 0.29) is 0 Å². The Kier molecular flexibility index (Phi) is 3.77. The van der Waals surface area contributed by atoms with E-state index in [4.69, 9.17) is 4.74 Å². The van der Waals surface area contributed by atoms with Crippen molar-refractivity contribution in [1.29, 1.82) is 0 Å². The van der Waals surface area contributed by atoms with Crippen LogP contribution in [-0.2, 0) is 6.42 Å². The van der Waals surface area contributed by atoms with Crippen LogP contribution in [0.1, 0.15) is 27.9 Å². The van der Waals surface area contributed by atoms with Crippen LogP contribution in [0.2, 0.25) is 0 Å². The van der Waals surface area contributed by atoms with Gasteiger partial charge in [0.25, 0.3) is 0 Å². The van der Waals surface area contributed by atoms with Gasteiger partial charge in [0.15, 0.2) is 6.29 Å². The fraction of sp³-hybridized carbons (Fsp3) is 0.286. The van der Waals surface area contributed by atoms with Crippen molar-refractivity contribution in [1.82, 2.24) is 4.98 Å². The molecule has 0 atom stereocenters. The molecule has 0 aliphatic heterocycles. The number of aryl methyl sites for hydroxylation is 2. The summed E-state index contributed by atoms with van der Waals surface area (Å²) in [6.07, 6.45) is 1.71. The fourth-order valence-corrected chi connectivity index (χ4v) is 2.71. The summed E-state index contributed by atoms with van der Waals surface area (Å²) < 4.78 is 5.30. The molecule has 0 unspecified atom stereocenters. The van der Waals surface area contributed by atoms with Crippen LogP contribution < -0.4 is 4.74 Å². The van der Waals surface area contributed by atoms with Crippen LogP contribution in [0.25, 0.3) is 10.6 Å². The van der Waals surface area contributed by atoms with Gasteiger partial charge in [-0.1, -0.05) is 6.92 Å². The summed E-state index contributed by atoms with van der Waals surface area (Å²) in [6, 6.07) is 6.00. The first-order valence-electron chi connectivity index (χ1n) is 5.79. The summed E-state index contributed by atoms with van der Waals surface area (Å²) in [5, 5.41) is 0.881. The lowest BCUT2D eigenvalue weighted by molar-refractivity contribution is 0.111. The summed E-state index contributed by atoms with van der Waals surface area (Å²) in [6.45, 7) is 4.00. The zero-order valence-electron chi connectivity index (χ0n) is 10.7. The van der Waals surface area contributed by atoms with E-state index >= 15 is 0 Å². The van der Waals surface area contributed by atoms with Gasteiger partial charge in [-0.3, -0.25) is 4.79 Å². The van der Waals surface area contributed by atoms with Gasteiger partial charge in [0.1, 0.15) is 16.5 Å². The maximum Gasteiger partial charge on any atom is 0.169 e. The molecule has 0 saturated heterocycles. The highest BCUT2D eigenvalue weighted by Gasteiger charge is 2.10. The molecule has 0 saturated carbocycles. The largest absolute Gasteiger partial charge is 0.496 e. The molecule has 2 rings (SSSR count). The first-order chi connectivity index (χ1) is 8.69. The molecule has 0 aliphatic rings. The Morgan fingerprint density at radius 2 is 2.22 bits per heavy atom. The number of nitrogens with zero attached hydrogens (tertiary/aromatic N) is 1. The molecule has 0 radical (unpaired) electrons. The third-order valence-corrected chi connectivity index (χ3v) is 3.89. The number of aldehydes is 1. The average molecular weight is 261 g/mol. The molecule has 0 aliphatic carbocycles. The molecule has 0 fully saturated rings. The van der Waals surface area contributed by atoms with Crippen LogP contribution in [0.5, 0.6) is 5.75 Å². The van der Waals surface area contributed by atoms with Crippen LogP contribution in [0, 0.1) is 6.92 Å². The second kappa shape index (κ2) is 5.31. The SMILES string of the molecule is CCc1cc(-c2nc(C=O)c(C)s2)ccc1OC. The second-order valence-electron chi connectivity index (χ2n) is 3.96. The van der Waals surface area contributed by atoms with Crippen molar-refractivity contribution in [3.05, 3.63) is 34.3 Å². The van der Waals surface area contributed by atoms with E-state index in [1.54, 1.807) is 18.4 Å². The molecule has 2 aromatic rings. The highest BCUT2D eigenvalue weighted by atomic mass is 32.1. The zero-order chi connectivity index (χ0) is 13.1. The Morgan fingerprint density at radius 3 is 2.78 bits per heavy atom. The Labute approximate surface area is 110 Å². The van der Waals surface area contributed by atoms with Crippen LogP contribution >= 0.6 is 11.3 Å². The highest BCUT2D eigenvalue weighted by molar-refractivity contribution is 7.15. The first-order valence-corrected chi connectivity index (χ1v) is 6.61. The minimum atomic E-state index is 0.531. The number of hydrogen-bond donors (Lipinski definition) is 0. The summed E-state index contributed by atoms with van der Waals surface area (Å²) >= 11 is 1.54. The van der Waals surface area contributed by atoms with Crippen molar-refractivity contribution in [2.45, 2.75) is 20.3 Å². The third kappa shape index (κ3) is 2.29. The minimum absolute atomic E-state index is 0.531. The average Bonchev–Trinajstić information content (AvgIpc) is 2.79. The molecule has 18 heavy (non-hydrogen) atoms. The molecular weight excluding hydrogens is 246 g/mol. The van der Waals surface area contributed by atoms with Crippen molar-refractivity contribution >= 4 is 17.6 Å². The van der Waals surface area contributed by atoms with E-state index in [0.717, 1.165) is 39.5 Å². The smallest absolute Gasteiger partial charge is 0.169 e. The molecule has 0 bridgehead atoms. The van der Waals surface area contributed by atoms with Gasteiger partial charge < -0.3 is 4.74 Å².